The number of ketones is 1. The molecule has 1 aromatic heterocycles. The van der Waals surface area contributed by atoms with E-state index in [0.29, 0.717) is 6.42 Å². The van der Waals surface area contributed by atoms with Crippen LogP contribution in [0.3, 0.4) is 0 Å². The maximum Gasteiger partial charge on any atom is 0.162 e. The number of nitrogens with zero attached hydrogens (tertiary/aromatic N) is 2. The minimum Gasteiger partial charge on any atom is -0.335 e. The molecule has 3 nitrogen and oxygen atoms in total. The summed E-state index contributed by atoms with van der Waals surface area (Å²) in [5.74, 6) is 1.23. The smallest absolute Gasteiger partial charge is 0.162 e. The molecular weight excluding hydrogens is 224 g/mol. The van der Waals surface area contributed by atoms with Gasteiger partial charge in [-0.2, -0.15) is 0 Å². The summed E-state index contributed by atoms with van der Waals surface area (Å²) < 4.78 is 2.12. The number of carbonyl (C=O) groups is 1. The third kappa shape index (κ3) is 2.67. The van der Waals surface area contributed by atoms with E-state index in [0.717, 1.165) is 29.9 Å². The van der Waals surface area contributed by atoms with Crippen molar-refractivity contribution in [3.05, 3.63) is 53.6 Å². The quantitative estimate of drug-likeness (QED) is 0.755. The molecule has 1 heterocycles. The normalized spacial score (nSPS) is 10.6. The molecule has 18 heavy (non-hydrogen) atoms. The van der Waals surface area contributed by atoms with Crippen molar-refractivity contribution in [3.63, 3.8) is 0 Å². The predicted molar refractivity (Wildman–Crippen MR) is 71.8 cm³/mol. The van der Waals surface area contributed by atoms with Crippen LogP contribution in [0.2, 0.25) is 0 Å². The molecule has 0 aliphatic carbocycles. The van der Waals surface area contributed by atoms with E-state index in [1.807, 2.05) is 43.6 Å². The Balaban J connectivity index is 2.22. The lowest BCUT2D eigenvalue weighted by atomic mass is 10.0. The largest absolute Gasteiger partial charge is 0.335 e. The topological polar surface area (TPSA) is 34.9 Å². The number of Topliss-reactive ketones (excluding diaryl/α,β-unsaturated/α-hetero) is 1. The van der Waals surface area contributed by atoms with Gasteiger partial charge in [-0.3, -0.25) is 4.79 Å². The van der Waals surface area contributed by atoms with Gasteiger partial charge in [0.1, 0.15) is 5.82 Å². The summed E-state index contributed by atoms with van der Waals surface area (Å²) in [7, 11) is 0. The Labute approximate surface area is 107 Å². The Bertz CT molecular complexity index is 543. The Morgan fingerprint density at radius 2 is 2.17 bits per heavy atom. The van der Waals surface area contributed by atoms with Crippen molar-refractivity contribution in [2.45, 2.75) is 33.2 Å². The molecule has 0 N–H and O–H groups in total. The second-order valence-electron chi connectivity index (χ2n) is 4.28. The fourth-order valence-corrected chi connectivity index (χ4v) is 2.04. The lowest BCUT2D eigenvalue weighted by Gasteiger charge is -2.06. The molecule has 0 radical (unpaired) electrons. The molecule has 0 bridgehead atoms. The number of aryl methyl sites for hydroxylation is 1. The lowest BCUT2D eigenvalue weighted by Crippen LogP contribution is -2.03. The van der Waals surface area contributed by atoms with Crippen LogP contribution < -0.4 is 0 Å². The first-order chi connectivity index (χ1) is 8.74. The molecular formula is C15H18N2O. The van der Waals surface area contributed by atoms with E-state index >= 15 is 0 Å². The number of carbonyl (C=O) groups excluding carboxylic acids is 1. The summed E-state index contributed by atoms with van der Waals surface area (Å²) in [6.45, 7) is 4.91. The first-order valence-electron chi connectivity index (χ1n) is 6.36. The van der Waals surface area contributed by atoms with E-state index in [2.05, 4.69) is 16.5 Å². The average Bonchev–Trinajstić information content (AvgIpc) is 2.85. The first kappa shape index (κ1) is 12.6. The van der Waals surface area contributed by atoms with Crippen LogP contribution in [-0.2, 0) is 13.0 Å². The fraction of sp³-hybridized carbons (Fsp3) is 0.333. The minimum absolute atomic E-state index is 0.190. The number of hydrogen-bond donors (Lipinski definition) is 0. The van der Waals surface area contributed by atoms with Crippen LogP contribution in [0, 0.1) is 0 Å². The highest BCUT2D eigenvalue weighted by atomic mass is 16.1. The molecule has 0 aliphatic rings. The monoisotopic (exact) mass is 242 g/mol. The Morgan fingerprint density at radius 1 is 1.33 bits per heavy atom. The van der Waals surface area contributed by atoms with Crippen LogP contribution in [0.15, 0.2) is 36.7 Å². The number of aromatic nitrogens is 2. The summed E-state index contributed by atoms with van der Waals surface area (Å²) in [4.78, 5) is 16.0. The zero-order chi connectivity index (χ0) is 13.0. The third-order valence-corrected chi connectivity index (χ3v) is 3.07. The van der Waals surface area contributed by atoms with Crippen molar-refractivity contribution in [1.82, 2.24) is 9.55 Å². The number of imidazole rings is 1. The number of benzene rings is 1. The standard InChI is InChI=1S/C15H18N2O/c1-3-14(18)13-7-5-6-12(10-13)11-15-16-8-9-17(15)4-2/h5-10H,3-4,11H2,1-2H3. The second kappa shape index (κ2) is 5.63. The van der Waals surface area contributed by atoms with E-state index in [1.54, 1.807) is 0 Å². The highest BCUT2D eigenvalue weighted by molar-refractivity contribution is 5.95. The number of rotatable bonds is 5. The van der Waals surface area contributed by atoms with Gasteiger partial charge in [0.15, 0.2) is 5.78 Å². The van der Waals surface area contributed by atoms with E-state index in [4.69, 9.17) is 0 Å². The van der Waals surface area contributed by atoms with E-state index < -0.39 is 0 Å². The predicted octanol–water partition coefficient (Wildman–Crippen LogP) is 3.09. The van der Waals surface area contributed by atoms with Crippen LogP contribution in [0.25, 0.3) is 0 Å². The second-order valence-corrected chi connectivity index (χ2v) is 4.28. The van der Waals surface area contributed by atoms with Crippen LogP contribution >= 0.6 is 0 Å². The molecule has 0 unspecified atom stereocenters. The van der Waals surface area contributed by atoms with Gasteiger partial charge in [0.05, 0.1) is 0 Å². The van der Waals surface area contributed by atoms with Gasteiger partial charge in [-0.25, -0.2) is 4.98 Å². The maximum atomic E-state index is 11.7. The average molecular weight is 242 g/mol. The molecule has 2 rings (SSSR count). The zero-order valence-electron chi connectivity index (χ0n) is 10.9. The molecule has 0 amide bonds. The summed E-state index contributed by atoms with van der Waals surface area (Å²) in [5.41, 5.74) is 1.93. The fourth-order valence-electron chi connectivity index (χ4n) is 2.04. The lowest BCUT2D eigenvalue weighted by molar-refractivity contribution is 0.0988. The molecule has 0 saturated carbocycles. The minimum atomic E-state index is 0.190. The summed E-state index contributed by atoms with van der Waals surface area (Å²) in [5, 5.41) is 0. The highest BCUT2D eigenvalue weighted by Crippen LogP contribution is 2.12. The highest BCUT2D eigenvalue weighted by Gasteiger charge is 2.06. The summed E-state index contributed by atoms with van der Waals surface area (Å²) >= 11 is 0. The van der Waals surface area contributed by atoms with E-state index in [-0.39, 0.29) is 5.78 Å². The van der Waals surface area contributed by atoms with E-state index in [1.165, 1.54) is 0 Å². The van der Waals surface area contributed by atoms with Crippen LogP contribution in [0.5, 0.6) is 0 Å². The van der Waals surface area contributed by atoms with Gasteiger partial charge in [-0.05, 0) is 18.6 Å². The number of hydrogen-bond acceptors (Lipinski definition) is 2. The van der Waals surface area contributed by atoms with Crippen LogP contribution in [0.4, 0.5) is 0 Å². The van der Waals surface area contributed by atoms with Crippen LogP contribution in [-0.4, -0.2) is 15.3 Å². The Hall–Kier alpha value is -1.90. The maximum absolute atomic E-state index is 11.7. The molecule has 0 spiro atoms. The summed E-state index contributed by atoms with van der Waals surface area (Å²) in [6, 6.07) is 7.83. The van der Waals surface area contributed by atoms with Gasteiger partial charge in [-0.15, -0.1) is 0 Å². The van der Waals surface area contributed by atoms with Crippen molar-refractivity contribution in [2.75, 3.05) is 0 Å². The third-order valence-electron chi connectivity index (χ3n) is 3.07. The van der Waals surface area contributed by atoms with Gasteiger partial charge in [0.25, 0.3) is 0 Å². The van der Waals surface area contributed by atoms with E-state index in [9.17, 15) is 4.79 Å². The van der Waals surface area contributed by atoms with Crippen LogP contribution in [0.1, 0.15) is 42.0 Å². The van der Waals surface area contributed by atoms with Crippen molar-refractivity contribution >= 4 is 5.78 Å². The van der Waals surface area contributed by atoms with Gasteiger partial charge in [0.2, 0.25) is 0 Å². The van der Waals surface area contributed by atoms with Crippen molar-refractivity contribution in [2.24, 2.45) is 0 Å². The molecule has 1 aromatic carbocycles. The van der Waals surface area contributed by atoms with Crippen molar-refractivity contribution < 1.29 is 4.79 Å². The van der Waals surface area contributed by atoms with Gasteiger partial charge < -0.3 is 4.57 Å². The zero-order valence-corrected chi connectivity index (χ0v) is 10.9. The molecule has 94 valence electrons. The molecule has 0 saturated heterocycles. The first-order valence-corrected chi connectivity index (χ1v) is 6.36. The Morgan fingerprint density at radius 3 is 2.89 bits per heavy atom. The van der Waals surface area contributed by atoms with Gasteiger partial charge >= 0.3 is 0 Å². The van der Waals surface area contributed by atoms with Crippen molar-refractivity contribution in [1.29, 1.82) is 0 Å². The van der Waals surface area contributed by atoms with Crippen molar-refractivity contribution in [3.8, 4) is 0 Å². The molecule has 3 heteroatoms. The summed E-state index contributed by atoms with van der Waals surface area (Å²) in [6.07, 6.45) is 5.12. The molecule has 0 fully saturated rings. The molecule has 2 aromatic rings. The SMILES string of the molecule is CCC(=O)c1cccc(Cc2nccn2CC)c1. The molecule has 0 atom stereocenters. The van der Waals surface area contributed by atoms with Gasteiger partial charge in [-0.1, -0.05) is 25.1 Å². The molecule has 0 aliphatic heterocycles. The van der Waals surface area contributed by atoms with Gasteiger partial charge in [0, 0.05) is 37.3 Å². The Kier molecular flexibility index (Phi) is 3.92.